The fraction of sp³-hybridized carbons (Fsp3) is 0.235. The minimum absolute atomic E-state index is 0.149. The van der Waals surface area contributed by atoms with E-state index >= 15 is 0 Å². The summed E-state index contributed by atoms with van der Waals surface area (Å²) in [5.41, 5.74) is 2.01. The van der Waals surface area contributed by atoms with Gasteiger partial charge in [-0.3, -0.25) is 0 Å². The van der Waals surface area contributed by atoms with E-state index in [9.17, 15) is 4.79 Å². The Morgan fingerprint density at radius 1 is 1.18 bits per heavy atom. The van der Waals surface area contributed by atoms with Crippen LogP contribution in [0.25, 0.3) is 0 Å². The van der Waals surface area contributed by atoms with Gasteiger partial charge in [-0.25, -0.2) is 4.79 Å². The van der Waals surface area contributed by atoms with Gasteiger partial charge in [0.05, 0.1) is 13.2 Å². The molecule has 0 radical (unpaired) electrons. The molecule has 1 aliphatic heterocycles. The van der Waals surface area contributed by atoms with E-state index in [-0.39, 0.29) is 6.04 Å². The maximum absolute atomic E-state index is 11.1. The number of ether oxygens (including phenoxy) is 3. The second-order valence-electron chi connectivity index (χ2n) is 4.98. The van der Waals surface area contributed by atoms with Gasteiger partial charge in [0, 0.05) is 0 Å². The molecule has 1 heterocycles. The number of cyclic esters (lactones) is 1. The third-order valence-corrected chi connectivity index (χ3v) is 3.50. The van der Waals surface area contributed by atoms with E-state index in [1.165, 1.54) is 0 Å². The summed E-state index contributed by atoms with van der Waals surface area (Å²) in [5.74, 6) is 1.30. The molecule has 1 aliphatic rings. The molecule has 5 nitrogen and oxygen atoms in total. The lowest BCUT2D eigenvalue weighted by atomic mass is 10.1. The van der Waals surface area contributed by atoms with E-state index in [1.54, 1.807) is 7.11 Å². The third-order valence-electron chi connectivity index (χ3n) is 3.50. The lowest BCUT2D eigenvalue weighted by Gasteiger charge is -2.14. The van der Waals surface area contributed by atoms with E-state index in [0.717, 1.165) is 11.1 Å². The van der Waals surface area contributed by atoms with Gasteiger partial charge in [0.25, 0.3) is 0 Å². The Hall–Kier alpha value is -2.69. The number of alkyl carbamates (subject to hydrolysis) is 1. The smallest absolute Gasteiger partial charge is 0.407 e. The maximum Gasteiger partial charge on any atom is 0.407 e. The SMILES string of the molecule is COc1cc([C@H]2COC(=O)N2)ccc1OCc1ccccc1. The summed E-state index contributed by atoms with van der Waals surface area (Å²) in [6.07, 6.45) is -0.395. The topological polar surface area (TPSA) is 56.8 Å². The zero-order chi connectivity index (χ0) is 15.4. The second kappa shape index (κ2) is 6.39. The van der Waals surface area contributed by atoms with Crippen molar-refractivity contribution in [3.8, 4) is 11.5 Å². The lowest BCUT2D eigenvalue weighted by molar-refractivity contribution is 0.177. The Labute approximate surface area is 128 Å². The van der Waals surface area contributed by atoms with Crippen molar-refractivity contribution in [1.82, 2.24) is 5.32 Å². The lowest BCUT2D eigenvalue weighted by Crippen LogP contribution is -2.18. The number of nitrogens with one attached hydrogen (secondary N) is 1. The molecule has 2 aromatic carbocycles. The molecule has 2 aromatic rings. The van der Waals surface area contributed by atoms with Crippen molar-refractivity contribution in [1.29, 1.82) is 0 Å². The molecule has 3 rings (SSSR count). The third kappa shape index (κ3) is 3.14. The molecule has 1 fully saturated rings. The minimum Gasteiger partial charge on any atom is -0.493 e. The second-order valence-corrected chi connectivity index (χ2v) is 4.98. The molecule has 0 aromatic heterocycles. The summed E-state index contributed by atoms with van der Waals surface area (Å²) in [6, 6.07) is 15.4. The molecule has 22 heavy (non-hydrogen) atoms. The van der Waals surface area contributed by atoms with E-state index in [4.69, 9.17) is 14.2 Å². The van der Waals surface area contributed by atoms with Crippen molar-refractivity contribution < 1.29 is 19.0 Å². The van der Waals surface area contributed by atoms with Gasteiger partial charge >= 0.3 is 6.09 Å². The van der Waals surface area contributed by atoms with Crippen LogP contribution in [0.15, 0.2) is 48.5 Å². The monoisotopic (exact) mass is 299 g/mol. The number of carbonyl (C=O) groups excluding carboxylic acids is 1. The van der Waals surface area contributed by atoms with E-state index in [0.29, 0.717) is 24.7 Å². The van der Waals surface area contributed by atoms with Gasteiger partial charge in [0.1, 0.15) is 13.2 Å². The predicted octanol–water partition coefficient (Wildman–Crippen LogP) is 3.06. The Morgan fingerprint density at radius 2 is 2.00 bits per heavy atom. The molecule has 1 N–H and O–H groups in total. The number of hydrogen-bond acceptors (Lipinski definition) is 4. The molecule has 0 aliphatic carbocycles. The van der Waals surface area contributed by atoms with Crippen LogP contribution in [-0.2, 0) is 11.3 Å². The normalized spacial score (nSPS) is 16.8. The summed E-state index contributed by atoms with van der Waals surface area (Å²) in [7, 11) is 1.60. The van der Waals surface area contributed by atoms with Crippen molar-refractivity contribution in [3.05, 3.63) is 59.7 Å². The number of methoxy groups -OCH3 is 1. The summed E-state index contributed by atoms with van der Waals surface area (Å²) >= 11 is 0. The highest BCUT2D eigenvalue weighted by atomic mass is 16.6. The maximum atomic E-state index is 11.1. The average molecular weight is 299 g/mol. The summed E-state index contributed by atoms with van der Waals surface area (Å²) in [4.78, 5) is 11.1. The number of benzene rings is 2. The number of amides is 1. The molecule has 0 bridgehead atoms. The zero-order valence-corrected chi connectivity index (χ0v) is 12.2. The highest BCUT2D eigenvalue weighted by Crippen LogP contribution is 2.32. The van der Waals surface area contributed by atoms with Crippen molar-refractivity contribution in [2.75, 3.05) is 13.7 Å². The Morgan fingerprint density at radius 3 is 2.68 bits per heavy atom. The van der Waals surface area contributed by atoms with Crippen LogP contribution >= 0.6 is 0 Å². The van der Waals surface area contributed by atoms with Crippen molar-refractivity contribution in [2.24, 2.45) is 0 Å². The fourth-order valence-electron chi connectivity index (χ4n) is 2.32. The molecular weight excluding hydrogens is 282 g/mol. The first-order valence-corrected chi connectivity index (χ1v) is 7.04. The van der Waals surface area contributed by atoms with Crippen LogP contribution in [0.3, 0.4) is 0 Å². The highest BCUT2D eigenvalue weighted by molar-refractivity contribution is 5.70. The van der Waals surface area contributed by atoms with E-state index in [2.05, 4.69) is 5.32 Å². The predicted molar refractivity (Wildman–Crippen MR) is 81.0 cm³/mol. The fourth-order valence-corrected chi connectivity index (χ4v) is 2.32. The van der Waals surface area contributed by atoms with Crippen LogP contribution < -0.4 is 14.8 Å². The Bertz CT molecular complexity index is 657. The average Bonchev–Trinajstić information content (AvgIpc) is 3.00. The Balaban J connectivity index is 1.73. The van der Waals surface area contributed by atoms with Gasteiger partial charge in [0.15, 0.2) is 11.5 Å². The minimum atomic E-state index is -0.395. The molecule has 114 valence electrons. The van der Waals surface area contributed by atoms with Gasteiger partial charge < -0.3 is 19.5 Å². The van der Waals surface area contributed by atoms with Gasteiger partial charge in [-0.2, -0.15) is 0 Å². The molecular formula is C17H17NO4. The molecule has 5 heteroatoms. The highest BCUT2D eigenvalue weighted by Gasteiger charge is 2.24. The van der Waals surface area contributed by atoms with Gasteiger partial charge in [0.2, 0.25) is 0 Å². The standard InChI is InChI=1S/C17H17NO4/c1-20-16-9-13(14-11-22-17(19)18-14)7-8-15(16)21-10-12-5-3-2-4-6-12/h2-9,14H,10-11H2,1H3,(H,18,19)/t14-/m1/s1. The van der Waals surface area contributed by atoms with Crippen LogP contribution in [0.5, 0.6) is 11.5 Å². The first kappa shape index (κ1) is 14.3. The molecule has 0 unspecified atom stereocenters. The van der Waals surface area contributed by atoms with E-state index < -0.39 is 6.09 Å². The summed E-state index contributed by atoms with van der Waals surface area (Å²) < 4.78 is 16.1. The van der Waals surface area contributed by atoms with Crippen LogP contribution in [0.2, 0.25) is 0 Å². The van der Waals surface area contributed by atoms with Crippen LogP contribution in [0, 0.1) is 0 Å². The van der Waals surface area contributed by atoms with Crippen LogP contribution in [0.4, 0.5) is 4.79 Å². The number of carbonyl (C=O) groups is 1. The number of rotatable bonds is 5. The largest absolute Gasteiger partial charge is 0.493 e. The van der Waals surface area contributed by atoms with Crippen LogP contribution in [0.1, 0.15) is 17.2 Å². The first-order valence-electron chi connectivity index (χ1n) is 7.04. The molecule has 0 saturated carbocycles. The summed E-state index contributed by atoms with van der Waals surface area (Å²) in [5, 5.41) is 2.74. The van der Waals surface area contributed by atoms with Gasteiger partial charge in [-0.15, -0.1) is 0 Å². The molecule has 1 amide bonds. The quantitative estimate of drug-likeness (QED) is 0.922. The van der Waals surface area contributed by atoms with Crippen molar-refractivity contribution in [2.45, 2.75) is 12.6 Å². The summed E-state index contributed by atoms with van der Waals surface area (Å²) in [6.45, 7) is 0.798. The molecule has 1 atom stereocenters. The first-order chi connectivity index (χ1) is 10.8. The Kier molecular flexibility index (Phi) is 4.14. The van der Waals surface area contributed by atoms with E-state index in [1.807, 2.05) is 48.5 Å². The molecule has 0 spiro atoms. The number of hydrogen-bond donors (Lipinski definition) is 1. The van der Waals surface area contributed by atoms with Crippen molar-refractivity contribution >= 4 is 6.09 Å². The van der Waals surface area contributed by atoms with Gasteiger partial charge in [-0.1, -0.05) is 36.4 Å². The zero-order valence-electron chi connectivity index (χ0n) is 12.2. The van der Waals surface area contributed by atoms with Crippen molar-refractivity contribution in [3.63, 3.8) is 0 Å². The van der Waals surface area contributed by atoms with Gasteiger partial charge in [-0.05, 0) is 23.3 Å². The molecule has 1 saturated heterocycles. The van der Waals surface area contributed by atoms with Crippen LogP contribution in [-0.4, -0.2) is 19.8 Å².